The first-order chi connectivity index (χ1) is 9.41. The number of nitrogens with zero attached hydrogens (tertiary/aromatic N) is 4. The predicted octanol–water partition coefficient (Wildman–Crippen LogP) is 1.92. The Morgan fingerprint density at radius 2 is 2.00 bits per heavy atom. The van der Waals surface area contributed by atoms with E-state index >= 15 is 0 Å². The molecule has 0 atom stereocenters. The number of hydrogen-bond donors (Lipinski definition) is 0. The molecule has 1 saturated heterocycles. The molecule has 0 N–H and O–H groups in total. The van der Waals surface area contributed by atoms with Crippen LogP contribution in [0.1, 0.15) is 46.4 Å². The van der Waals surface area contributed by atoms with E-state index in [4.69, 9.17) is 0 Å². The highest BCUT2D eigenvalue weighted by Crippen LogP contribution is 2.23. The molecule has 0 amide bonds. The molecule has 1 aliphatic heterocycles. The molecule has 5 nitrogen and oxygen atoms in total. The fourth-order valence-electron chi connectivity index (χ4n) is 2.74. The quantitative estimate of drug-likeness (QED) is 0.798. The summed E-state index contributed by atoms with van der Waals surface area (Å²) in [6, 6.07) is 0. The summed E-state index contributed by atoms with van der Waals surface area (Å²) in [6.07, 6.45) is 4.31. The van der Waals surface area contributed by atoms with Crippen LogP contribution in [-0.4, -0.2) is 44.1 Å². The molecule has 0 radical (unpaired) electrons. The molecule has 0 aliphatic carbocycles. The van der Waals surface area contributed by atoms with E-state index in [0.29, 0.717) is 12.3 Å². The van der Waals surface area contributed by atoms with Crippen molar-refractivity contribution in [1.82, 2.24) is 19.7 Å². The summed E-state index contributed by atoms with van der Waals surface area (Å²) >= 11 is 0. The minimum absolute atomic E-state index is 0.234. The van der Waals surface area contributed by atoms with Crippen molar-refractivity contribution in [2.45, 2.75) is 59.0 Å². The van der Waals surface area contributed by atoms with Crippen LogP contribution in [-0.2, 0) is 17.8 Å². The van der Waals surface area contributed by atoms with Crippen LogP contribution in [0.3, 0.4) is 0 Å². The molecule has 1 aromatic rings. The molecule has 1 fully saturated rings. The molecule has 0 bridgehead atoms. The lowest BCUT2D eigenvalue weighted by atomic mass is 9.94. The number of carbonyl (C=O) groups is 1. The van der Waals surface area contributed by atoms with Gasteiger partial charge in [0, 0.05) is 6.54 Å². The Morgan fingerprint density at radius 3 is 2.60 bits per heavy atom. The molecule has 1 aliphatic rings. The van der Waals surface area contributed by atoms with Gasteiger partial charge in [-0.2, -0.15) is 5.10 Å². The molecule has 2 rings (SSSR count). The van der Waals surface area contributed by atoms with Crippen LogP contribution >= 0.6 is 0 Å². The lowest BCUT2D eigenvalue weighted by Crippen LogP contribution is -2.49. The molecule has 0 aromatic carbocycles. The van der Waals surface area contributed by atoms with Gasteiger partial charge < -0.3 is 0 Å². The van der Waals surface area contributed by atoms with Gasteiger partial charge in [0.05, 0.1) is 12.0 Å². The van der Waals surface area contributed by atoms with E-state index in [1.165, 1.54) is 12.8 Å². The van der Waals surface area contributed by atoms with E-state index in [1.54, 1.807) is 6.33 Å². The third-order valence-electron chi connectivity index (χ3n) is 4.13. The number of likely N-dealkylation sites (tertiary alicyclic amines) is 1. The summed E-state index contributed by atoms with van der Waals surface area (Å²) in [4.78, 5) is 19.2. The Bertz CT molecular complexity index is 458. The van der Waals surface area contributed by atoms with Crippen molar-refractivity contribution in [3.05, 3.63) is 12.2 Å². The van der Waals surface area contributed by atoms with Crippen molar-refractivity contribution in [3.63, 3.8) is 0 Å². The molecule has 2 heterocycles. The standard InChI is InChI=1S/C15H26N4O/c1-12(2)10-19-14(16-11-17-19)9-13(20)15(3,4)18-7-5-6-8-18/h11-12H,5-10H2,1-4H3. The second-order valence-corrected chi connectivity index (χ2v) is 6.61. The average Bonchev–Trinajstić information content (AvgIpc) is 3.00. The maximum absolute atomic E-state index is 12.6. The Balaban J connectivity index is 2.05. The van der Waals surface area contributed by atoms with Crippen molar-refractivity contribution in [3.8, 4) is 0 Å². The van der Waals surface area contributed by atoms with Crippen molar-refractivity contribution >= 4 is 5.78 Å². The van der Waals surface area contributed by atoms with Gasteiger partial charge in [-0.1, -0.05) is 13.8 Å². The number of ketones is 1. The third kappa shape index (κ3) is 3.26. The Kier molecular flexibility index (Phi) is 4.58. The van der Waals surface area contributed by atoms with Crippen molar-refractivity contribution < 1.29 is 4.79 Å². The topological polar surface area (TPSA) is 51.0 Å². The Morgan fingerprint density at radius 1 is 1.35 bits per heavy atom. The van der Waals surface area contributed by atoms with E-state index < -0.39 is 5.54 Å². The van der Waals surface area contributed by atoms with Gasteiger partial charge in [-0.05, 0) is 45.7 Å². The Labute approximate surface area is 121 Å². The van der Waals surface area contributed by atoms with Gasteiger partial charge in [-0.25, -0.2) is 9.67 Å². The van der Waals surface area contributed by atoms with Crippen LogP contribution in [0, 0.1) is 5.92 Å². The van der Waals surface area contributed by atoms with E-state index in [0.717, 1.165) is 25.5 Å². The number of aromatic nitrogens is 3. The molecule has 0 unspecified atom stereocenters. The molecular formula is C15H26N4O. The summed E-state index contributed by atoms with van der Waals surface area (Å²) in [6.45, 7) is 11.2. The van der Waals surface area contributed by atoms with Gasteiger partial charge in [-0.3, -0.25) is 9.69 Å². The summed E-state index contributed by atoms with van der Waals surface area (Å²) in [5.74, 6) is 1.52. The highest BCUT2D eigenvalue weighted by molar-refractivity contribution is 5.88. The second-order valence-electron chi connectivity index (χ2n) is 6.61. The fraction of sp³-hybridized carbons (Fsp3) is 0.800. The van der Waals surface area contributed by atoms with E-state index in [-0.39, 0.29) is 5.78 Å². The summed E-state index contributed by atoms with van der Waals surface area (Å²) in [7, 11) is 0. The van der Waals surface area contributed by atoms with Crippen LogP contribution in [0.4, 0.5) is 0 Å². The Hall–Kier alpha value is -1.23. The second kappa shape index (κ2) is 6.04. The van der Waals surface area contributed by atoms with Gasteiger partial charge in [0.25, 0.3) is 0 Å². The number of rotatable bonds is 6. The fourth-order valence-corrected chi connectivity index (χ4v) is 2.74. The highest BCUT2D eigenvalue weighted by Gasteiger charge is 2.36. The van der Waals surface area contributed by atoms with Crippen LogP contribution in [0.5, 0.6) is 0 Å². The molecule has 20 heavy (non-hydrogen) atoms. The van der Waals surface area contributed by atoms with Crippen molar-refractivity contribution in [1.29, 1.82) is 0 Å². The highest BCUT2D eigenvalue weighted by atomic mass is 16.1. The van der Waals surface area contributed by atoms with Gasteiger partial charge in [0.1, 0.15) is 12.2 Å². The van der Waals surface area contributed by atoms with Gasteiger partial charge in [-0.15, -0.1) is 0 Å². The van der Waals surface area contributed by atoms with E-state index in [9.17, 15) is 4.79 Å². The summed E-state index contributed by atoms with van der Waals surface area (Å²) in [5, 5.41) is 4.23. The maximum Gasteiger partial charge on any atom is 0.160 e. The first-order valence-electron chi connectivity index (χ1n) is 7.56. The van der Waals surface area contributed by atoms with Gasteiger partial charge >= 0.3 is 0 Å². The number of carbonyl (C=O) groups excluding carboxylic acids is 1. The van der Waals surface area contributed by atoms with Crippen LogP contribution in [0.2, 0.25) is 0 Å². The molecule has 1 aromatic heterocycles. The molecule has 0 spiro atoms. The summed E-state index contributed by atoms with van der Waals surface area (Å²) < 4.78 is 1.86. The SMILES string of the molecule is CC(C)Cn1ncnc1CC(=O)C(C)(C)N1CCCC1. The number of Topliss-reactive ketones (excluding diaryl/α,β-unsaturated/α-hetero) is 1. The predicted molar refractivity (Wildman–Crippen MR) is 78.5 cm³/mol. The van der Waals surface area contributed by atoms with E-state index in [2.05, 4.69) is 28.8 Å². The summed E-state index contributed by atoms with van der Waals surface area (Å²) in [5.41, 5.74) is -0.398. The molecule has 5 heteroatoms. The van der Waals surface area contributed by atoms with Crippen LogP contribution in [0.25, 0.3) is 0 Å². The number of hydrogen-bond acceptors (Lipinski definition) is 4. The minimum atomic E-state index is -0.398. The lowest BCUT2D eigenvalue weighted by molar-refractivity contribution is -0.128. The van der Waals surface area contributed by atoms with Crippen LogP contribution in [0.15, 0.2) is 6.33 Å². The first-order valence-corrected chi connectivity index (χ1v) is 7.56. The molecular weight excluding hydrogens is 252 g/mol. The van der Waals surface area contributed by atoms with E-state index in [1.807, 2.05) is 18.5 Å². The van der Waals surface area contributed by atoms with Crippen molar-refractivity contribution in [2.75, 3.05) is 13.1 Å². The van der Waals surface area contributed by atoms with Gasteiger partial charge in [0.2, 0.25) is 0 Å². The van der Waals surface area contributed by atoms with Crippen molar-refractivity contribution in [2.24, 2.45) is 5.92 Å². The average molecular weight is 278 g/mol. The first kappa shape index (κ1) is 15.2. The minimum Gasteiger partial charge on any atom is -0.297 e. The zero-order valence-electron chi connectivity index (χ0n) is 13.1. The maximum atomic E-state index is 12.6. The van der Waals surface area contributed by atoms with Gasteiger partial charge in [0.15, 0.2) is 5.78 Å². The largest absolute Gasteiger partial charge is 0.297 e. The normalized spacial score (nSPS) is 17.1. The van der Waals surface area contributed by atoms with Crippen LogP contribution < -0.4 is 0 Å². The smallest absolute Gasteiger partial charge is 0.160 e. The molecule has 0 saturated carbocycles. The monoisotopic (exact) mass is 278 g/mol. The zero-order chi connectivity index (χ0) is 14.8. The molecule has 112 valence electrons. The third-order valence-corrected chi connectivity index (χ3v) is 4.13. The lowest BCUT2D eigenvalue weighted by Gasteiger charge is -2.33. The zero-order valence-corrected chi connectivity index (χ0v) is 13.1.